The monoisotopic (exact) mass is 422 g/mol. The summed E-state index contributed by atoms with van der Waals surface area (Å²) in [7, 11) is 0. The first-order chi connectivity index (χ1) is 14.1. The van der Waals surface area contributed by atoms with Crippen molar-refractivity contribution in [3.05, 3.63) is 12.7 Å². The third-order valence-corrected chi connectivity index (χ3v) is 8.75. The summed E-state index contributed by atoms with van der Waals surface area (Å²) < 4.78 is 11.4. The predicted molar refractivity (Wildman–Crippen MR) is 122 cm³/mol. The molecule has 4 bridgehead atoms. The molecule has 4 rings (SSSR count). The second-order valence-electron chi connectivity index (χ2n) is 10.1. The Labute approximate surface area is 182 Å². The van der Waals surface area contributed by atoms with Gasteiger partial charge in [-0.15, -0.1) is 0 Å². The quantitative estimate of drug-likeness (QED) is 0.173. The minimum Gasteiger partial charge on any atom is -0.463 e. The Morgan fingerprint density at radius 1 is 1.00 bits per heavy atom. The number of esters is 1. The first-order valence-electron chi connectivity index (χ1n) is 12.0. The topological polar surface area (TPSA) is 35.5 Å². The number of hydrogen-bond acceptors (Lipinski definition) is 4. The number of hydrogen-bond donors (Lipinski definition) is 0. The van der Waals surface area contributed by atoms with E-state index in [0.717, 1.165) is 31.5 Å². The van der Waals surface area contributed by atoms with E-state index in [0.29, 0.717) is 17.4 Å². The smallest absolute Gasteiger partial charge is 0.330 e. The SMILES string of the molecule is C=CC(=O)OCCC12CC3CC(CC(CCOCCCCSCCCC)(C3)C1)C2. The van der Waals surface area contributed by atoms with Crippen molar-refractivity contribution in [2.75, 3.05) is 31.3 Å². The van der Waals surface area contributed by atoms with Gasteiger partial charge in [-0.2, -0.15) is 11.8 Å². The van der Waals surface area contributed by atoms with Gasteiger partial charge >= 0.3 is 5.97 Å². The summed E-state index contributed by atoms with van der Waals surface area (Å²) >= 11 is 2.10. The molecule has 4 fully saturated rings. The first kappa shape index (κ1) is 23.2. The highest BCUT2D eigenvalue weighted by Crippen LogP contribution is 2.67. The summed E-state index contributed by atoms with van der Waals surface area (Å²) in [6.45, 7) is 8.19. The molecule has 0 aromatic carbocycles. The van der Waals surface area contributed by atoms with Crippen LogP contribution in [0, 0.1) is 22.7 Å². The lowest BCUT2D eigenvalue weighted by Crippen LogP contribution is -2.52. The minimum absolute atomic E-state index is 0.276. The maximum Gasteiger partial charge on any atom is 0.330 e. The number of ether oxygens (including phenoxy) is 2. The Kier molecular flexibility index (Phi) is 8.98. The minimum atomic E-state index is -0.276. The Bertz CT molecular complexity index is 518. The highest BCUT2D eigenvalue weighted by molar-refractivity contribution is 7.99. The van der Waals surface area contributed by atoms with Gasteiger partial charge in [0.15, 0.2) is 0 Å². The maximum atomic E-state index is 11.4. The van der Waals surface area contributed by atoms with Crippen LogP contribution in [0.25, 0.3) is 0 Å². The van der Waals surface area contributed by atoms with Crippen molar-refractivity contribution in [3.63, 3.8) is 0 Å². The lowest BCUT2D eigenvalue weighted by atomic mass is 9.43. The number of carbonyl (C=O) groups is 1. The second-order valence-corrected chi connectivity index (χ2v) is 11.3. The first-order valence-corrected chi connectivity index (χ1v) is 13.2. The summed E-state index contributed by atoms with van der Waals surface area (Å²) in [4.78, 5) is 11.4. The molecule has 166 valence electrons. The van der Waals surface area contributed by atoms with E-state index < -0.39 is 0 Å². The maximum absolute atomic E-state index is 11.4. The van der Waals surface area contributed by atoms with Crippen LogP contribution in [0.2, 0.25) is 0 Å². The van der Waals surface area contributed by atoms with Gasteiger partial charge in [0, 0.05) is 19.3 Å². The summed E-state index contributed by atoms with van der Waals surface area (Å²) in [6, 6.07) is 0. The van der Waals surface area contributed by atoms with E-state index >= 15 is 0 Å². The van der Waals surface area contributed by atoms with Gasteiger partial charge in [0.2, 0.25) is 0 Å². The highest BCUT2D eigenvalue weighted by Gasteiger charge is 2.56. The van der Waals surface area contributed by atoms with E-state index in [1.807, 2.05) is 0 Å². The van der Waals surface area contributed by atoms with Crippen molar-refractivity contribution < 1.29 is 14.3 Å². The molecule has 29 heavy (non-hydrogen) atoms. The van der Waals surface area contributed by atoms with E-state index in [4.69, 9.17) is 9.47 Å². The van der Waals surface area contributed by atoms with Crippen molar-refractivity contribution in [1.82, 2.24) is 0 Å². The molecule has 0 aliphatic heterocycles. The molecule has 2 atom stereocenters. The Balaban J connectivity index is 1.36. The molecule has 0 N–H and O–H groups in total. The molecule has 0 heterocycles. The van der Waals surface area contributed by atoms with Gasteiger partial charge < -0.3 is 9.47 Å². The van der Waals surface area contributed by atoms with E-state index in [1.165, 1.54) is 88.2 Å². The highest BCUT2D eigenvalue weighted by atomic mass is 32.2. The second kappa shape index (κ2) is 11.2. The average molecular weight is 423 g/mol. The molecule has 0 amide bonds. The molecular weight excluding hydrogens is 380 g/mol. The average Bonchev–Trinajstić information content (AvgIpc) is 2.68. The van der Waals surface area contributed by atoms with Gasteiger partial charge in [-0.25, -0.2) is 4.79 Å². The van der Waals surface area contributed by atoms with Crippen LogP contribution in [0.4, 0.5) is 0 Å². The van der Waals surface area contributed by atoms with Gasteiger partial charge in [0.1, 0.15) is 0 Å². The van der Waals surface area contributed by atoms with Gasteiger partial charge in [0.25, 0.3) is 0 Å². The van der Waals surface area contributed by atoms with Crippen LogP contribution in [0.15, 0.2) is 12.7 Å². The van der Waals surface area contributed by atoms with Gasteiger partial charge in [-0.05, 0) is 105 Å². The fourth-order valence-electron chi connectivity index (χ4n) is 6.81. The number of carbonyl (C=O) groups excluding carboxylic acids is 1. The van der Waals surface area contributed by atoms with Crippen LogP contribution >= 0.6 is 11.8 Å². The summed E-state index contributed by atoms with van der Waals surface area (Å²) in [5.41, 5.74) is 0.920. The van der Waals surface area contributed by atoms with Crippen LogP contribution in [-0.4, -0.2) is 37.3 Å². The van der Waals surface area contributed by atoms with Crippen molar-refractivity contribution in [2.24, 2.45) is 22.7 Å². The van der Waals surface area contributed by atoms with Gasteiger partial charge in [-0.3, -0.25) is 0 Å². The summed E-state index contributed by atoms with van der Waals surface area (Å²) in [5, 5.41) is 0. The fourth-order valence-corrected chi connectivity index (χ4v) is 7.91. The van der Waals surface area contributed by atoms with Crippen molar-refractivity contribution in [3.8, 4) is 0 Å². The molecule has 0 radical (unpaired) electrons. The largest absolute Gasteiger partial charge is 0.463 e. The van der Waals surface area contributed by atoms with Crippen molar-refractivity contribution in [2.45, 2.75) is 84.0 Å². The zero-order chi connectivity index (χ0) is 20.6. The summed E-state index contributed by atoms with van der Waals surface area (Å²) in [5.74, 6) is 4.12. The molecule has 0 aromatic rings. The third-order valence-electron chi connectivity index (χ3n) is 7.59. The molecule has 0 aromatic heterocycles. The number of thioether (sulfide) groups is 1. The molecule has 0 saturated heterocycles. The van der Waals surface area contributed by atoms with Crippen LogP contribution in [0.3, 0.4) is 0 Å². The normalized spacial score (nSPS) is 32.4. The molecule has 4 saturated carbocycles. The zero-order valence-electron chi connectivity index (χ0n) is 18.6. The van der Waals surface area contributed by atoms with Crippen LogP contribution in [-0.2, 0) is 14.3 Å². The predicted octanol–water partition coefficient (Wildman–Crippen LogP) is 6.41. The molecule has 4 aliphatic carbocycles. The van der Waals surface area contributed by atoms with Crippen LogP contribution in [0.5, 0.6) is 0 Å². The van der Waals surface area contributed by atoms with Crippen LogP contribution < -0.4 is 0 Å². The third kappa shape index (κ3) is 6.75. The zero-order valence-corrected chi connectivity index (χ0v) is 19.4. The number of rotatable bonds is 15. The Hall–Kier alpha value is -0.480. The lowest BCUT2D eigenvalue weighted by molar-refractivity contribution is -0.145. The standard InChI is InChI=1S/C25H42O3S/c1-3-5-13-29-14-7-6-10-27-11-8-24-16-21-15-22(17-24)19-25(18-21,20-24)9-12-28-23(26)4-2/h4,21-22H,2-3,5-20H2,1H3. The molecule has 4 aliphatic rings. The van der Waals surface area contributed by atoms with Crippen LogP contribution in [0.1, 0.15) is 84.0 Å². The molecule has 3 nitrogen and oxygen atoms in total. The Morgan fingerprint density at radius 3 is 2.31 bits per heavy atom. The van der Waals surface area contributed by atoms with Gasteiger partial charge in [-0.1, -0.05) is 19.9 Å². The van der Waals surface area contributed by atoms with E-state index in [1.54, 1.807) is 0 Å². The van der Waals surface area contributed by atoms with E-state index in [2.05, 4.69) is 25.3 Å². The molecule has 2 unspecified atom stereocenters. The summed E-state index contributed by atoms with van der Waals surface area (Å²) in [6.07, 6.45) is 17.0. The van der Waals surface area contributed by atoms with Crippen molar-refractivity contribution in [1.29, 1.82) is 0 Å². The van der Waals surface area contributed by atoms with E-state index in [9.17, 15) is 4.79 Å². The fraction of sp³-hybridized carbons (Fsp3) is 0.880. The number of unbranched alkanes of at least 4 members (excludes halogenated alkanes) is 2. The van der Waals surface area contributed by atoms with Crippen molar-refractivity contribution >= 4 is 17.7 Å². The molecular formula is C25H42O3S. The van der Waals surface area contributed by atoms with Gasteiger partial charge in [0.05, 0.1) is 6.61 Å². The Morgan fingerprint density at radius 2 is 1.66 bits per heavy atom. The van der Waals surface area contributed by atoms with E-state index in [-0.39, 0.29) is 5.97 Å². The molecule has 4 heteroatoms. The lowest BCUT2D eigenvalue weighted by Gasteiger charge is -2.62. The molecule has 0 spiro atoms.